The third-order valence-electron chi connectivity index (χ3n) is 5.01. The molecule has 8 nitrogen and oxygen atoms in total. The molecule has 0 aromatic heterocycles. The summed E-state index contributed by atoms with van der Waals surface area (Å²) in [6.45, 7) is 4.24. The first-order valence-electron chi connectivity index (χ1n) is 10.3. The van der Waals surface area contributed by atoms with E-state index in [2.05, 4.69) is 22.0 Å². The zero-order valence-corrected chi connectivity index (χ0v) is 18.7. The SMILES string of the molecule is CCOc1ccc(NS(=O)(=O)c2ccc(OCC(=O)NC3CCN(C)CC3)cc2)cc1. The Morgan fingerprint density at radius 3 is 2.19 bits per heavy atom. The third kappa shape index (κ3) is 6.86. The molecule has 0 radical (unpaired) electrons. The van der Waals surface area contributed by atoms with Crippen LogP contribution < -0.4 is 19.5 Å². The van der Waals surface area contributed by atoms with E-state index >= 15 is 0 Å². The lowest BCUT2D eigenvalue weighted by Crippen LogP contribution is -2.44. The predicted molar refractivity (Wildman–Crippen MR) is 119 cm³/mol. The van der Waals surface area contributed by atoms with Crippen molar-refractivity contribution in [2.75, 3.05) is 38.1 Å². The van der Waals surface area contributed by atoms with Gasteiger partial charge in [-0.3, -0.25) is 9.52 Å². The van der Waals surface area contributed by atoms with E-state index in [-0.39, 0.29) is 23.5 Å². The Morgan fingerprint density at radius 2 is 1.58 bits per heavy atom. The van der Waals surface area contributed by atoms with Gasteiger partial charge in [0.25, 0.3) is 15.9 Å². The number of likely N-dealkylation sites (tertiary alicyclic amines) is 1. The fourth-order valence-corrected chi connectivity index (χ4v) is 4.34. The predicted octanol–water partition coefficient (Wildman–Crippen LogP) is 2.48. The second-order valence-electron chi connectivity index (χ2n) is 7.47. The molecular formula is C22H29N3O5S. The maximum atomic E-state index is 12.6. The molecule has 1 aliphatic heterocycles. The Kier molecular flexibility index (Phi) is 7.75. The third-order valence-corrected chi connectivity index (χ3v) is 6.40. The molecule has 9 heteroatoms. The summed E-state index contributed by atoms with van der Waals surface area (Å²) in [5.74, 6) is 0.925. The first kappa shape index (κ1) is 22.9. The second kappa shape index (κ2) is 10.5. The van der Waals surface area contributed by atoms with E-state index in [9.17, 15) is 13.2 Å². The van der Waals surface area contributed by atoms with E-state index in [0.29, 0.717) is 23.8 Å². The number of carbonyl (C=O) groups is 1. The van der Waals surface area contributed by atoms with Crippen molar-refractivity contribution < 1.29 is 22.7 Å². The number of nitrogens with zero attached hydrogens (tertiary/aromatic N) is 1. The van der Waals surface area contributed by atoms with Gasteiger partial charge in [-0.2, -0.15) is 0 Å². The van der Waals surface area contributed by atoms with Crippen LogP contribution in [-0.2, 0) is 14.8 Å². The zero-order chi connectivity index (χ0) is 22.3. The van der Waals surface area contributed by atoms with Gasteiger partial charge in [-0.25, -0.2) is 8.42 Å². The molecule has 168 valence electrons. The Labute approximate surface area is 183 Å². The quantitative estimate of drug-likeness (QED) is 0.613. The fourth-order valence-electron chi connectivity index (χ4n) is 3.29. The van der Waals surface area contributed by atoms with Crippen molar-refractivity contribution >= 4 is 21.6 Å². The summed E-state index contributed by atoms with van der Waals surface area (Å²) in [5, 5.41) is 2.98. The van der Waals surface area contributed by atoms with Gasteiger partial charge in [0.15, 0.2) is 6.61 Å². The van der Waals surface area contributed by atoms with Crippen LogP contribution in [-0.4, -0.2) is 58.6 Å². The fraction of sp³-hybridized carbons (Fsp3) is 0.409. The van der Waals surface area contributed by atoms with Gasteiger partial charge in [-0.05, 0) is 88.4 Å². The monoisotopic (exact) mass is 447 g/mol. The van der Waals surface area contributed by atoms with Gasteiger partial charge in [-0.1, -0.05) is 0 Å². The summed E-state index contributed by atoms with van der Waals surface area (Å²) < 4.78 is 38.6. The van der Waals surface area contributed by atoms with Crippen molar-refractivity contribution in [1.29, 1.82) is 0 Å². The zero-order valence-electron chi connectivity index (χ0n) is 17.8. The van der Waals surface area contributed by atoms with Gasteiger partial charge in [-0.15, -0.1) is 0 Å². The number of sulfonamides is 1. The van der Waals surface area contributed by atoms with E-state index in [1.165, 1.54) is 24.3 Å². The summed E-state index contributed by atoms with van der Waals surface area (Å²) in [6, 6.07) is 12.8. The topological polar surface area (TPSA) is 97.0 Å². The maximum absolute atomic E-state index is 12.6. The molecule has 1 saturated heterocycles. The smallest absolute Gasteiger partial charge is 0.261 e. The highest BCUT2D eigenvalue weighted by molar-refractivity contribution is 7.92. The molecular weight excluding hydrogens is 418 g/mol. The largest absolute Gasteiger partial charge is 0.494 e. The van der Waals surface area contributed by atoms with E-state index in [1.54, 1.807) is 24.3 Å². The molecule has 1 aliphatic rings. The summed E-state index contributed by atoms with van der Waals surface area (Å²) >= 11 is 0. The van der Waals surface area contributed by atoms with Crippen LogP contribution in [0.4, 0.5) is 5.69 Å². The number of nitrogens with one attached hydrogen (secondary N) is 2. The minimum absolute atomic E-state index is 0.101. The molecule has 31 heavy (non-hydrogen) atoms. The summed E-state index contributed by atoms with van der Waals surface area (Å²) in [6.07, 6.45) is 1.85. The Balaban J connectivity index is 1.51. The average Bonchev–Trinajstić information content (AvgIpc) is 2.76. The highest BCUT2D eigenvalue weighted by atomic mass is 32.2. The molecule has 2 N–H and O–H groups in total. The van der Waals surface area contributed by atoms with Crippen molar-refractivity contribution in [3.8, 4) is 11.5 Å². The van der Waals surface area contributed by atoms with Gasteiger partial charge in [0, 0.05) is 11.7 Å². The molecule has 2 aromatic rings. The number of ether oxygens (including phenoxy) is 2. The van der Waals surface area contributed by atoms with Gasteiger partial charge in [0.05, 0.1) is 11.5 Å². The highest BCUT2D eigenvalue weighted by Crippen LogP contribution is 2.21. The Hall–Kier alpha value is -2.78. The van der Waals surface area contributed by atoms with Crippen LogP contribution in [0.3, 0.4) is 0 Å². The Bertz CT molecular complexity index is 954. The van der Waals surface area contributed by atoms with Crippen LogP contribution in [0, 0.1) is 0 Å². The number of piperidine rings is 1. The molecule has 1 heterocycles. The lowest BCUT2D eigenvalue weighted by atomic mass is 10.1. The van der Waals surface area contributed by atoms with Crippen molar-refractivity contribution in [2.45, 2.75) is 30.7 Å². The van der Waals surface area contributed by atoms with Gasteiger partial charge >= 0.3 is 0 Å². The molecule has 0 saturated carbocycles. The lowest BCUT2D eigenvalue weighted by Gasteiger charge is -2.29. The van der Waals surface area contributed by atoms with Crippen LogP contribution in [0.25, 0.3) is 0 Å². The van der Waals surface area contributed by atoms with Crippen LogP contribution in [0.5, 0.6) is 11.5 Å². The van der Waals surface area contributed by atoms with Gasteiger partial charge in [0.2, 0.25) is 0 Å². The minimum Gasteiger partial charge on any atom is -0.494 e. The van der Waals surface area contributed by atoms with E-state index in [0.717, 1.165) is 25.9 Å². The van der Waals surface area contributed by atoms with Crippen LogP contribution in [0.2, 0.25) is 0 Å². The maximum Gasteiger partial charge on any atom is 0.261 e. The standard InChI is InChI=1S/C22H29N3O5S/c1-3-29-19-6-4-18(5-7-19)24-31(27,28)21-10-8-20(9-11-21)30-16-22(26)23-17-12-14-25(2)15-13-17/h4-11,17,24H,3,12-16H2,1-2H3,(H,23,26). The van der Waals surface area contributed by atoms with Crippen molar-refractivity contribution in [3.05, 3.63) is 48.5 Å². The van der Waals surface area contributed by atoms with E-state index in [1.807, 2.05) is 6.92 Å². The number of rotatable bonds is 9. The lowest BCUT2D eigenvalue weighted by molar-refractivity contribution is -0.124. The molecule has 0 spiro atoms. The van der Waals surface area contributed by atoms with Gasteiger partial charge < -0.3 is 19.7 Å². The number of anilines is 1. The summed E-state index contributed by atoms with van der Waals surface area (Å²) in [7, 11) is -1.67. The first-order chi connectivity index (χ1) is 14.9. The molecule has 1 amide bonds. The minimum atomic E-state index is -3.74. The van der Waals surface area contributed by atoms with E-state index in [4.69, 9.17) is 9.47 Å². The van der Waals surface area contributed by atoms with Crippen LogP contribution >= 0.6 is 0 Å². The number of hydrogen-bond acceptors (Lipinski definition) is 6. The van der Waals surface area contributed by atoms with Crippen LogP contribution in [0.1, 0.15) is 19.8 Å². The molecule has 0 aliphatic carbocycles. The number of carbonyl (C=O) groups excluding carboxylic acids is 1. The first-order valence-corrected chi connectivity index (χ1v) is 11.8. The molecule has 0 atom stereocenters. The Morgan fingerprint density at radius 1 is 1.00 bits per heavy atom. The normalized spacial score (nSPS) is 15.3. The summed E-state index contributed by atoms with van der Waals surface area (Å²) in [4.78, 5) is 14.4. The molecule has 0 bridgehead atoms. The highest BCUT2D eigenvalue weighted by Gasteiger charge is 2.19. The molecule has 3 rings (SSSR count). The number of hydrogen-bond donors (Lipinski definition) is 2. The van der Waals surface area contributed by atoms with E-state index < -0.39 is 10.0 Å². The van der Waals surface area contributed by atoms with Crippen molar-refractivity contribution in [1.82, 2.24) is 10.2 Å². The van der Waals surface area contributed by atoms with Crippen molar-refractivity contribution in [2.24, 2.45) is 0 Å². The summed E-state index contributed by atoms with van der Waals surface area (Å²) in [5.41, 5.74) is 0.439. The number of amides is 1. The molecule has 0 unspecified atom stereocenters. The number of benzene rings is 2. The molecule has 2 aromatic carbocycles. The average molecular weight is 448 g/mol. The molecule has 1 fully saturated rings. The van der Waals surface area contributed by atoms with Crippen LogP contribution in [0.15, 0.2) is 53.4 Å². The van der Waals surface area contributed by atoms with Gasteiger partial charge in [0.1, 0.15) is 11.5 Å². The van der Waals surface area contributed by atoms with Crippen molar-refractivity contribution in [3.63, 3.8) is 0 Å². The second-order valence-corrected chi connectivity index (χ2v) is 9.15.